The molecule has 1 heterocycles. The summed E-state index contributed by atoms with van der Waals surface area (Å²) in [6.45, 7) is 0.359. The smallest absolute Gasteiger partial charge is 0.229 e. The van der Waals surface area contributed by atoms with E-state index in [0.717, 1.165) is 11.4 Å². The van der Waals surface area contributed by atoms with E-state index in [-0.39, 0.29) is 18.2 Å². The summed E-state index contributed by atoms with van der Waals surface area (Å²) in [5, 5.41) is 3.36. The second-order valence-electron chi connectivity index (χ2n) is 5.60. The van der Waals surface area contributed by atoms with Gasteiger partial charge in [-0.3, -0.25) is 9.59 Å². The van der Waals surface area contributed by atoms with Crippen molar-refractivity contribution in [2.75, 3.05) is 23.9 Å². The third-order valence-corrected chi connectivity index (χ3v) is 4.21. The van der Waals surface area contributed by atoms with Gasteiger partial charge in [-0.2, -0.15) is 0 Å². The zero-order valence-corrected chi connectivity index (χ0v) is 13.9. The number of amides is 2. The Hall–Kier alpha value is -2.53. The highest BCUT2D eigenvalue weighted by atomic mass is 35.5. The fourth-order valence-electron chi connectivity index (χ4n) is 2.71. The first-order chi connectivity index (χ1) is 11.6. The lowest BCUT2D eigenvalue weighted by molar-refractivity contribution is -0.122. The van der Waals surface area contributed by atoms with Crippen LogP contribution < -0.4 is 15.0 Å². The zero-order valence-electron chi connectivity index (χ0n) is 13.2. The van der Waals surface area contributed by atoms with Crippen LogP contribution in [0.2, 0.25) is 5.02 Å². The van der Waals surface area contributed by atoms with Crippen LogP contribution in [-0.4, -0.2) is 25.5 Å². The number of nitrogens with zero attached hydrogens (tertiary/aromatic N) is 1. The Morgan fingerprint density at radius 3 is 2.67 bits per heavy atom. The molecule has 0 saturated carbocycles. The van der Waals surface area contributed by atoms with Gasteiger partial charge in [-0.1, -0.05) is 17.7 Å². The van der Waals surface area contributed by atoms with Crippen LogP contribution in [0.1, 0.15) is 6.42 Å². The zero-order chi connectivity index (χ0) is 17.1. The number of hydrogen-bond donors (Lipinski definition) is 1. The summed E-state index contributed by atoms with van der Waals surface area (Å²) in [7, 11) is 1.59. The van der Waals surface area contributed by atoms with Gasteiger partial charge in [-0.05, 0) is 42.5 Å². The summed E-state index contributed by atoms with van der Waals surface area (Å²) in [6.07, 6.45) is 0.193. The first-order valence-corrected chi connectivity index (χ1v) is 7.95. The van der Waals surface area contributed by atoms with Crippen LogP contribution in [0.3, 0.4) is 0 Å². The van der Waals surface area contributed by atoms with Gasteiger partial charge >= 0.3 is 0 Å². The Bertz CT molecular complexity index is 761. The van der Waals surface area contributed by atoms with Crippen molar-refractivity contribution in [2.24, 2.45) is 5.92 Å². The van der Waals surface area contributed by atoms with Gasteiger partial charge in [-0.25, -0.2) is 0 Å². The summed E-state index contributed by atoms with van der Waals surface area (Å²) in [5.41, 5.74) is 1.39. The average molecular weight is 345 g/mol. The van der Waals surface area contributed by atoms with Crippen molar-refractivity contribution >= 4 is 34.8 Å². The predicted molar refractivity (Wildman–Crippen MR) is 93.5 cm³/mol. The maximum Gasteiger partial charge on any atom is 0.229 e. The molecule has 6 heteroatoms. The van der Waals surface area contributed by atoms with Crippen LogP contribution in [0.4, 0.5) is 11.4 Å². The van der Waals surface area contributed by atoms with Crippen molar-refractivity contribution in [2.45, 2.75) is 6.42 Å². The summed E-state index contributed by atoms with van der Waals surface area (Å²) < 4.78 is 5.12. The molecule has 1 aliphatic rings. The van der Waals surface area contributed by atoms with Crippen molar-refractivity contribution < 1.29 is 14.3 Å². The number of rotatable bonds is 4. The van der Waals surface area contributed by atoms with Crippen LogP contribution in [0.5, 0.6) is 5.75 Å². The van der Waals surface area contributed by atoms with Crippen LogP contribution in [0.25, 0.3) is 0 Å². The maximum absolute atomic E-state index is 12.4. The molecule has 124 valence electrons. The molecule has 2 amide bonds. The van der Waals surface area contributed by atoms with E-state index in [4.69, 9.17) is 16.3 Å². The number of benzene rings is 2. The number of carbonyl (C=O) groups is 2. The number of hydrogen-bond acceptors (Lipinski definition) is 3. The molecule has 1 fully saturated rings. The molecule has 0 aliphatic carbocycles. The highest BCUT2D eigenvalue weighted by molar-refractivity contribution is 6.30. The Morgan fingerprint density at radius 2 is 2.00 bits per heavy atom. The van der Waals surface area contributed by atoms with Gasteiger partial charge < -0.3 is 15.0 Å². The van der Waals surface area contributed by atoms with E-state index in [2.05, 4.69) is 5.32 Å². The number of halogens is 1. The molecule has 0 spiro atoms. The topological polar surface area (TPSA) is 58.6 Å². The average Bonchev–Trinajstić information content (AvgIpc) is 2.97. The second kappa shape index (κ2) is 6.93. The molecule has 1 N–H and O–H groups in total. The number of nitrogens with one attached hydrogen (secondary N) is 1. The minimum absolute atomic E-state index is 0.0635. The molecule has 2 aromatic carbocycles. The molecule has 1 saturated heterocycles. The first kappa shape index (κ1) is 16.3. The van der Waals surface area contributed by atoms with Crippen molar-refractivity contribution in [3.05, 3.63) is 53.6 Å². The van der Waals surface area contributed by atoms with E-state index in [1.54, 1.807) is 48.4 Å². The van der Waals surface area contributed by atoms with Gasteiger partial charge in [0.05, 0.1) is 13.0 Å². The highest BCUT2D eigenvalue weighted by Gasteiger charge is 2.35. The molecule has 0 aromatic heterocycles. The van der Waals surface area contributed by atoms with Gasteiger partial charge in [0, 0.05) is 29.4 Å². The number of ether oxygens (including phenoxy) is 1. The minimum atomic E-state index is -0.390. The Kier molecular flexibility index (Phi) is 4.71. The van der Waals surface area contributed by atoms with Gasteiger partial charge in [0.1, 0.15) is 5.75 Å². The van der Waals surface area contributed by atoms with Crippen molar-refractivity contribution in [1.82, 2.24) is 0 Å². The lowest BCUT2D eigenvalue weighted by Crippen LogP contribution is -2.28. The summed E-state index contributed by atoms with van der Waals surface area (Å²) in [6, 6.07) is 14.2. The fourth-order valence-corrected chi connectivity index (χ4v) is 2.90. The largest absolute Gasteiger partial charge is 0.497 e. The second-order valence-corrected chi connectivity index (χ2v) is 6.04. The van der Waals surface area contributed by atoms with Crippen molar-refractivity contribution in [3.8, 4) is 5.75 Å². The third kappa shape index (κ3) is 3.51. The molecule has 3 rings (SSSR count). The first-order valence-electron chi connectivity index (χ1n) is 7.57. The normalized spacial score (nSPS) is 17.0. The Balaban J connectivity index is 1.68. The van der Waals surface area contributed by atoms with E-state index >= 15 is 0 Å². The number of carbonyl (C=O) groups excluding carboxylic acids is 2. The van der Waals surface area contributed by atoms with Gasteiger partial charge in [-0.15, -0.1) is 0 Å². The lowest BCUT2D eigenvalue weighted by Gasteiger charge is -2.17. The predicted octanol–water partition coefficient (Wildman–Crippen LogP) is 3.34. The monoisotopic (exact) mass is 344 g/mol. The van der Waals surface area contributed by atoms with E-state index in [1.165, 1.54) is 0 Å². The van der Waals surface area contributed by atoms with Gasteiger partial charge in [0.2, 0.25) is 11.8 Å². The maximum atomic E-state index is 12.4. The van der Waals surface area contributed by atoms with Crippen LogP contribution in [0, 0.1) is 5.92 Å². The fraction of sp³-hybridized carbons (Fsp3) is 0.222. The van der Waals surface area contributed by atoms with E-state index in [0.29, 0.717) is 17.3 Å². The summed E-state index contributed by atoms with van der Waals surface area (Å²) in [4.78, 5) is 26.3. The molecule has 1 unspecified atom stereocenters. The summed E-state index contributed by atoms with van der Waals surface area (Å²) >= 11 is 5.92. The van der Waals surface area contributed by atoms with E-state index in [9.17, 15) is 9.59 Å². The molecule has 0 radical (unpaired) electrons. The molecule has 1 aliphatic heterocycles. The lowest BCUT2D eigenvalue weighted by atomic mass is 10.1. The summed E-state index contributed by atoms with van der Waals surface area (Å²) in [5.74, 6) is 0.0901. The van der Waals surface area contributed by atoms with Gasteiger partial charge in [0.25, 0.3) is 0 Å². The van der Waals surface area contributed by atoms with Crippen LogP contribution >= 0.6 is 11.6 Å². The molecule has 0 bridgehead atoms. The molecule has 2 aromatic rings. The van der Waals surface area contributed by atoms with Crippen molar-refractivity contribution in [3.63, 3.8) is 0 Å². The van der Waals surface area contributed by atoms with Crippen LogP contribution in [0.15, 0.2) is 48.5 Å². The molecular weight excluding hydrogens is 328 g/mol. The van der Waals surface area contributed by atoms with E-state index in [1.807, 2.05) is 12.1 Å². The highest BCUT2D eigenvalue weighted by Crippen LogP contribution is 2.27. The third-order valence-electron chi connectivity index (χ3n) is 3.97. The number of methoxy groups -OCH3 is 1. The van der Waals surface area contributed by atoms with E-state index < -0.39 is 5.92 Å². The Morgan fingerprint density at radius 1 is 1.25 bits per heavy atom. The molecule has 24 heavy (non-hydrogen) atoms. The quantitative estimate of drug-likeness (QED) is 0.925. The van der Waals surface area contributed by atoms with Crippen LogP contribution in [-0.2, 0) is 9.59 Å². The molecular formula is C18H17ClN2O3. The number of anilines is 2. The molecule has 5 nitrogen and oxygen atoms in total. The SMILES string of the molecule is COc1ccc(N2CC(C(=O)Nc3cccc(Cl)c3)CC2=O)cc1. The van der Waals surface area contributed by atoms with Gasteiger partial charge in [0.15, 0.2) is 0 Å². The van der Waals surface area contributed by atoms with Crippen molar-refractivity contribution in [1.29, 1.82) is 0 Å². The molecule has 1 atom stereocenters. The minimum Gasteiger partial charge on any atom is -0.497 e. The standard InChI is InChI=1S/C18H17ClN2O3/c1-24-16-7-5-15(6-8-16)21-11-12(9-17(21)22)18(23)20-14-4-2-3-13(19)10-14/h2-8,10,12H,9,11H2,1H3,(H,20,23). The Labute approximate surface area is 145 Å².